The highest BCUT2D eigenvalue weighted by Gasteiger charge is 2.16. The van der Waals surface area contributed by atoms with Crippen LogP contribution in [0.2, 0.25) is 0 Å². The molecule has 2 rings (SSSR count). The summed E-state index contributed by atoms with van der Waals surface area (Å²) >= 11 is 0. The van der Waals surface area contributed by atoms with Crippen molar-refractivity contribution in [3.63, 3.8) is 0 Å². The predicted molar refractivity (Wildman–Crippen MR) is 65.9 cm³/mol. The molecule has 1 aromatic rings. The number of rotatable bonds is 4. The first-order valence-corrected chi connectivity index (χ1v) is 6.24. The first-order valence-electron chi connectivity index (χ1n) is 6.24. The van der Waals surface area contributed by atoms with E-state index >= 15 is 0 Å². The van der Waals surface area contributed by atoms with Gasteiger partial charge in [0.05, 0.1) is 24.8 Å². The number of nitrogens with zero attached hydrogens (tertiary/aromatic N) is 1. The molecule has 1 heterocycles. The average Bonchev–Trinajstić information content (AvgIpc) is 2.84. The molecule has 0 radical (unpaired) electrons. The molecule has 0 spiro atoms. The van der Waals surface area contributed by atoms with Crippen molar-refractivity contribution in [1.29, 1.82) is 0 Å². The quantitative estimate of drug-likeness (QED) is 0.820. The second-order valence-corrected chi connectivity index (χ2v) is 4.64. The molecule has 1 fully saturated rings. The Hall–Kier alpha value is -1.56. The Kier molecular flexibility index (Phi) is 3.86. The molecule has 0 aromatic carbocycles. The molecule has 2 N–H and O–H groups in total. The van der Waals surface area contributed by atoms with Crippen molar-refractivity contribution in [1.82, 2.24) is 9.55 Å². The molecular formula is C12H18N2O4. The Morgan fingerprint density at radius 3 is 2.72 bits per heavy atom. The minimum atomic E-state index is -0.599. The van der Waals surface area contributed by atoms with Crippen LogP contribution in [0.15, 0.2) is 9.59 Å². The first kappa shape index (κ1) is 12.9. The van der Waals surface area contributed by atoms with Crippen LogP contribution in [-0.2, 0) is 11.3 Å². The summed E-state index contributed by atoms with van der Waals surface area (Å²) in [6.45, 7) is 2.09. The lowest BCUT2D eigenvalue weighted by molar-refractivity contribution is 0.0512. The molecule has 1 aromatic heterocycles. The van der Waals surface area contributed by atoms with Crippen molar-refractivity contribution in [3.8, 4) is 5.88 Å². The Morgan fingerprint density at radius 1 is 1.39 bits per heavy atom. The fraction of sp³-hybridized carbons (Fsp3) is 0.667. The summed E-state index contributed by atoms with van der Waals surface area (Å²) in [5, 5.41) is 9.74. The fourth-order valence-corrected chi connectivity index (χ4v) is 2.23. The molecule has 1 aliphatic carbocycles. The monoisotopic (exact) mass is 254 g/mol. The molecular weight excluding hydrogens is 236 g/mol. The van der Waals surface area contributed by atoms with Crippen molar-refractivity contribution in [2.75, 3.05) is 6.61 Å². The lowest BCUT2D eigenvalue weighted by Gasteiger charge is -2.13. The molecule has 100 valence electrons. The van der Waals surface area contributed by atoms with E-state index in [-0.39, 0.29) is 24.1 Å². The van der Waals surface area contributed by atoms with E-state index in [1.807, 2.05) is 0 Å². The zero-order valence-electron chi connectivity index (χ0n) is 10.4. The van der Waals surface area contributed by atoms with Gasteiger partial charge in [0.25, 0.3) is 5.56 Å². The van der Waals surface area contributed by atoms with Crippen molar-refractivity contribution in [2.45, 2.75) is 45.3 Å². The maximum absolute atomic E-state index is 11.5. The second-order valence-electron chi connectivity index (χ2n) is 4.64. The summed E-state index contributed by atoms with van der Waals surface area (Å²) in [5.74, 6) is -0.279. The first-order chi connectivity index (χ1) is 8.59. The van der Waals surface area contributed by atoms with E-state index in [2.05, 4.69) is 4.98 Å². The minimum Gasteiger partial charge on any atom is -0.494 e. The van der Waals surface area contributed by atoms with Crippen LogP contribution in [0.1, 0.15) is 31.2 Å². The van der Waals surface area contributed by atoms with Crippen LogP contribution < -0.4 is 11.2 Å². The third kappa shape index (κ3) is 2.64. The summed E-state index contributed by atoms with van der Waals surface area (Å²) in [6.07, 6.45) is 4.77. The third-order valence-corrected chi connectivity index (χ3v) is 3.37. The molecule has 1 saturated carbocycles. The normalized spacial score (nSPS) is 16.3. The van der Waals surface area contributed by atoms with Gasteiger partial charge in [0, 0.05) is 0 Å². The number of hydrogen-bond acceptors (Lipinski definition) is 4. The highest BCUT2D eigenvalue weighted by atomic mass is 16.5. The summed E-state index contributed by atoms with van der Waals surface area (Å²) < 4.78 is 6.75. The molecule has 0 saturated heterocycles. The van der Waals surface area contributed by atoms with E-state index in [9.17, 15) is 14.7 Å². The fourth-order valence-electron chi connectivity index (χ4n) is 2.23. The van der Waals surface area contributed by atoms with Crippen LogP contribution in [0.3, 0.4) is 0 Å². The Labute approximate surface area is 104 Å². The number of H-pyrrole nitrogens is 1. The van der Waals surface area contributed by atoms with Crippen LogP contribution in [0.4, 0.5) is 0 Å². The van der Waals surface area contributed by atoms with Gasteiger partial charge in [-0.2, -0.15) is 0 Å². The summed E-state index contributed by atoms with van der Waals surface area (Å²) in [5.41, 5.74) is -1.00. The van der Waals surface area contributed by atoms with E-state index in [1.54, 1.807) is 0 Å². The van der Waals surface area contributed by atoms with Gasteiger partial charge in [0.2, 0.25) is 5.88 Å². The number of hydrogen-bond donors (Lipinski definition) is 2. The largest absolute Gasteiger partial charge is 0.494 e. The van der Waals surface area contributed by atoms with Gasteiger partial charge in [0.15, 0.2) is 0 Å². The lowest BCUT2D eigenvalue weighted by atomic mass is 10.3. The molecule has 6 heteroatoms. The van der Waals surface area contributed by atoms with Gasteiger partial charge in [-0.1, -0.05) is 12.8 Å². The predicted octanol–water partition coefficient (Wildman–Crippen LogP) is 0.510. The zero-order valence-corrected chi connectivity index (χ0v) is 10.4. The number of aromatic nitrogens is 2. The number of aromatic amines is 1. The number of aromatic hydroxyl groups is 1. The Balaban J connectivity index is 2.03. The van der Waals surface area contributed by atoms with Crippen molar-refractivity contribution in [3.05, 3.63) is 26.4 Å². The molecule has 0 aliphatic heterocycles. The smallest absolute Gasteiger partial charge is 0.331 e. The van der Waals surface area contributed by atoms with Gasteiger partial charge in [-0.25, -0.2) is 4.79 Å². The average molecular weight is 254 g/mol. The third-order valence-electron chi connectivity index (χ3n) is 3.37. The van der Waals surface area contributed by atoms with Crippen molar-refractivity contribution >= 4 is 0 Å². The SMILES string of the molecule is Cc1c(O)n(CCOC2CCCC2)c(=O)[nH]c1=O. The maximum atomic E-state index is 11.5. The van der Waals surface area contributed by atoms with Gasteiger partial charge in [-0.3, -0.25) is 14.3 Å². The topological polar surface area (TPSA) is 84.3 Å². The summed E-state index contributed by atoms with van der Waals surface area (Å²) in [6, 6.07) is 0. The van der Waals surface area contributed by atoms with Gasteiger partial charge in [-0.05, 0) is 19.8 Å². The zero-order chi connectivity index (χ0) is 13.1. The maximum Gasteiger partial charge on any atom is 0.331 e. The van der Waals surface area contributed by atoms with Gasteiger partial charge < -0.3 is 9.84 Å². The standard InChI is InChI=1S/C12H18N2O4/c1-8-10(15)13-12(17)14(11(8)16)6-7-18-9-4-2-3-5-9/h9,16H,2-7H2,1H3,(H,13,15,17). The van der Waals surface area contributed by atoms with Crippen LogP contribution in [-0.4, -0.2) is 27.4 Å². The molecule has 18 heavy (non-hydrogen) atoms. The molecule has 1 aliphatic rings. The van der Waals surface area contributed by atoms with Crippen molar-refractivity contribution < 1.29 is 9.84 Å². The second kappa shape index (κ2) is 5.39. The molecule has 0 bridgehead atoms. The van der Waals surface area contributed by atoms with Gasteiger partial charge >= 0.3 is 5.69 Å². The van der Waals surface area contributed by atoms with E-state index in [1.165, 1.54) is 19.8 Å². The van der Waals surface area contributed by atoms with E-state index in [0.29, 0.717) is 6.61 Å². The van der Waals surface area contributed by atoms with Crippen LogP contribution in [0.5, 0.6) is 5.88 Å². The van der Waals surface area contributed by atoms with Crippen LogP contribution in [0, 0.1) is 6.92 Å². The van der Waals surface area contributed by atoms with Gasteiger partial charge in [-0.15, -0.1) is 0 Å². The molecule has 0 atom stereocenters. The van der Waals surface area contributed by atoms with Crippen LogP contribution in [0.25, 0.3) is 0 Å². The Morgan fingerprint density at radius 2 is 2.06 bits per heavy atom. The van der Waals surface area contributed by atoms with E-state index in [0.717, 1.165) is 17.4 Å². The highest BCUT2D eigenvalue weighted by molar-refractivity contribution is 5.20. The van der Waals surface area contributed by atoms with Crippen LogP contribution >= 0.6 is 0 Å². The Bertz CT molecular complexity index is 526. The van der Waals surface area contributed by atoms with E-state index < -0.39 is 11.2 Å². The molecule has 0 amide bonds. The van der Waals surface area contributed by atoms with Gasteiger partial charge in [0.1, 0.15) is 0 Å². The summed E-state index contributed by atoms with van der Waals surface area (Å²) in [4.78, 5) is 24.9. The lowest BCUT2D eigenvalue weighted by Crippen LogP contribution is -2.32. The molecule has 0 unspecified atom stereocenters. The molecule has 6 nitrogen and oxygen atoms in total. The van der Waals surface area contributed by atoms with E-state index in [4.69, 9.17) is 4.74 Å². The summed E-state index contributed by atoms with van der Waals surface area (Å²) in [7, 11) is 0. The highest BCUT2D eigenvalue weighted by Crippen LogP contribution is 2.20. The number of ether oxygens (including phenoxy) is 1. The number of nitrogens with one attached hydrogen (secondary N) is 1. The van der Waals surface area contributed by atoms with Crippen molar-refractivity contribution in [2.24, 2.45) is 0 Å². The minimum absolute atomic E-state index is 0.149.